The van der Waals surface area contributed by atoms with Crippen LogP contribution >= 0.6 is 11.6 Å². The van der Waals surface area contributed by atoms with Crippen LogP contribution in [0, 0.1) is 5.41 Å². The zero-order valence-corrected chi connectivity index (χ0v) is 15.0. The molecule has 2 aromatic carbocycles. The Kier molecular flexibility index (Phi) is 2.91. The summed E-state index contributed by atoms with van der Waals surface area (Å²) >= 11 is 6.28. The third-order valence-corrected chi connectivity index (χ3v) is 5.60. The molecule has 0 aliphatic heterocycles. The summed E-state index contributed by atoms with van der Waals surface area (Å²) in [7, 11) is 0. The maximum Gasteiger partial charge on any atom is 0.165 e. The van der Waals surface area contributed by atoms with Crippen molar-refractivity contribution < 1.29 is 4.79 Å². The van der Waals surface area contributed by atoms with Crippen molar-refractivity contribution in [3.05, 3.63) is 64.8 Å². The standard InChI is InChI=1S/C22H18ClNO/c1-22(2)11-19-21(20(25)12-22)16-10-14(23)7-8-15(16)18-9-13-5-3-4-6-17(13)24(18)19/h3-10H,11-12H2,1-2H3. The van der Waals surface area contributed by atoms with E-state index in [2.05, 4.69) is 48.6 Å². The van der Waals surface area contributed by atoms with E-state index in [-0.39, 0.29) is 11.2 Å². The second kappa shape index (κ2) is 4.86. The van der Waals surface area contributed by atoms with Gasteiger partial charge < -0.3 is 4.40 Å². The number of Topliss-reactive ketones (excluding diaryl/α,β-unsaturated/α-hetero) is 1. The first kappa shape index (κ1) is 15.0. The minimum absolute atomic E-state index is 0.0331. The van der Waals surface area contributed by atoms with Crippen LogP contribution in [0.5, 0.6) is 0 Å². The number of fused-ring (bicyclic) bond motifs is 8. The Bertz CT molecular complexity index is 1200. The van der Waals surface area contributed by atoms with Gasteiger partial charge in [0.15, 0.2) is 5.78 Å². The van der Waals surface area contributed by atoms with Gasteiger partial charge in [0.05, 0.1) is 11.0 Å². The number of para-hydroxylation sites is 1. The minimum Gasteiger partial charge on any atom is -0.312 e. The van der Waals surface area contributed by atoms with Gasteiger partial charge in [0.25, 0.3) is 0 Å². The lowest BCUT2D eigenvalue weighted by Crippen LogP contribution is -2.29. The molecule has 0 bridgehead atoms. The molecule has 2 nitrogen and oxygen atoms in total. The topological polar surface area (TPSA) is 21.5 Å². The molecule has 0 atom stereocenters. The molecule has 4 aromatic rings. The number of halogens is 1. The van der Waals surface area contributed by atoms with E-state index in [9.17, 15) is 4.79 Å². The van der Waals surface area contributed by atoms with Gasteiger partial charge in [-0.1, -0.05) is 49.7 Å². The fourth-order valence-electron chi connectivity index (χ4n) is 4.38. The van der Waals surface area contributed by atoms with Crippen molar-refractivity contribution in [2.24, 2.45) is 5.41 Å². The van der Waals surface area contributed by atoms with Gasteiger partial charge in [-0.2, -0.15) is 0 Å². The summed E-state index contributed by atoms with van der Waals surface area (Å²) in [6.45, 7) is 4.35. The highest BCUT2D eigenvalue weighted by Gasteiger charge is 2.34. The Morgan fingerprint density at radius 2 is 1.76 bits per heavy atom. The summed E-state index contributed by atoms with van der Waals surface area (Å²) in [5.74, 6) is 0.221. The van der Waals surface area contributed by atoms with Crippen LogP contribution in [-0.4, -0.2) is 10.2 Å². The normalized spacial score (nSPS) is 16.7. The number of ketones is 1. The molecule has 0 saturated heterocycles. The van der Waals surface area contributed by atoms with Crippen molar-refractivity contribution in [2.45, 2.75) is 26.7 Å². The Hall–Kier alpha value is -2.32. The highest BCUT2D eigenvalue weighted by atomic mass is 35.5. The van der Waals surface area contributed by atoms with E-state index in [4.69, 9.17) is 11.6 Å². The van der Waals surface area contributed by atoms with Crippen LogP contribution in [0.25, 0.3) is 27.2 Å². The van der Waals surface area contributed by atoms with E-state index in [0.717, 1.165) is 39.5 Å². The molecule has 0 N–H and O–H groups in total. The Labute approximate surface area is 151 Å². The zero-order chi connectivity index (χ0) is 17.3. The number of hydrogen-bond acceptors (Lipinski definition) is 1. The molecule has 0 saturated carbocycles. The number of nitrogens with zero attached hydrogens (tertiary/aromatic N) is 1. The average Bonchev–Trinajstić information content (AvgIpc) is 2.92. The summed E-state index contributed by atoms with van der Waals surface area (Å²) in [5, 5.41) is 3.95. The van der Waals surface area contributed by atoms with E-state index in [1.165, 1.54) is 5.39 Å². The van der Waals surface area contributed by atoms with Gasteiger partial charge in [0, 0.05) is 33.5 Å². The van der Waals surface area contributed by atoms with Gasteiger partial charge in [-0.05, 0) is 41.5 Å². The molecular weight excluding hydrogens is 330 g/mol. The Morgan fingerprint density at radius 3 is 2.60 bits per heavy atom. The summed E-state index contributed by atoms with van der Waals surface area (Å²) < 4.78 is 2.29. The fourth-order valence-corrected chi connectivity index (χ4v) is 4.55. The van der Waals surface area contributed by atoms with Crippen molar-refractivity contribution >= 4 is 44.6 Å². The van der Waals surface area contributed by atoms with Crippen molar-refractivity contribution in [3.8, 4) is 0 Å². The van der Waals surface area contributed by atoms with Crippen LogP contribution in [0.3, 0.4) is 0 Å². The lowest BCUT2D eigenvalue weighted by molar-refractivity contribution is 0.0912. The molecular formula is C22H18ClNO. The third kappa shape index (κ3) is 2.07. The van der Waals surface area contributed by atoms with Crippen molar-refractivity contribution in [2.75, 3.05) is 0 Å². The monoisotopic (exact) mass is 347 g/mol. The van der Waals surface area contributed by atoms with Gasteiger partial charge in [-0.25, -0.2) is 0 Å². The molecule has 25 heavy (non-hydrogen) atoms. The minimum atomic E-state index is -0.0331. The molecule has 2 heterocycles. The van der Waals surface area contributed by atoms with Gasteiger partial charge in [0.2, 0.25) is 0 Å². The number of carbonyl (C=O) groups is 1. The first-order chi connectivity index (χ1) is 11.9. The van der Waals surface area contributed by atoms with Crippen LogP contribution < -0.4 is 0 Å². The van der Waals surface area contributed by atoms with E-state index >= 15 is 0 Å². The number of benzene rings is 2. The Balaban J connectivity index is 2.08. The first-order valence-corrected chi connectivity index (χ1v) is 9.00. The van der Waals surface area contributed by atoms with Crippen LogP contribution in [0.15, 0.2) is 48.5 Å². The zero-order valence-electron chi connectivity index (χ0n) is 14.3. The molecule has 0 spiro atoms. The molecule has 1 aliphatic carbocycles. The SMILES string of the molecule is CC1(C)CC(=O)c2c(n3c4ccccc4cc3c3ccc(Cl)cc23)C1. The predicted molar refractivity (Wildman–Crippen MR) is 104 cm³/mol. The molecule has 124 valence electrons. The molecule has 1 aliphatic rings. The largest absolute Gasteiger partial charge is 0.312 e. The summed E-state index contributed by atoms with van der Waals surface area (Å²) in [5.41, 5.74) is 4.25. The maximum atomic E-state index is 13.1. The van der Waals surface area contributed by atoms with E-state index < -0.39 is 0 Å². The summed E-state index contributed by atoms with van der Waals surface area (Å²) in [6, 6.07) is 16.5. The fraction of sp³-hybridized carbons (Fsp3) is 0.227. The third-order valence-electron chi connectivity index (χ3n) is 5.36. The molecule has 0 amide bonds. The number of aromatic nitrogens is 1. The lowest BCUT2D eigenvalue weighted by Gasteiger charge is -2.32. The highest BCUT2D eigenvalue weighted by molar-refractivity contribution is 6.32. The number of pyridine rings is 1. The van der Waals surface area contributed by atoms with Crippen molar-refractivity contribution in [3.63, 3.8) is 0 Å². The van der Waals surface area contributed by atoms with Crippen LogP contribution in [-0.2, 0) is 6.42 Å². The van der Waals surface area contributed by atoms with E-state index in [1.54, 1.807) is 0 Å². The lowest BCUT2D eigenvalue weighted by atomic mass is 9.74. The second-order valence-corrected chi connectivity index (χ2v) is 8.31. The average molecular weight is 348 g/mol. The molecule has 2 aromatic heterocycles. The van der Waals surface area contributed by atoms with Gasteiger partial charge in [-0.15, -0.1) is 0 Å². The van der Waals surface area contributed by atoms with Gasteiger partial charge in [0.1, 0.15) is 0 Å². The molecule has 0 unspecified atom stereocenters. The molecule has 5 rings (SSSR count). The van der Waals surface area contributed by atoms with Crippen molar-refractivity contribution in [1.82, 2.24) is 4.40 Å². The van der Waals surface area contributed by atoms with Crippen molar-refractivity contribution in [1.29, 1.82) is 0 Å². The van der Waals surface area contributed by atoms with Gasteiger partial charge >= 0.3 is 0 Å². The Morgan fingerprint density at radius 1 is 0.960 bits per heavy atom. The van der Waals surface area contributed by atoms with E-state index in [1.807, 2.05) is 18.2 Å². The smallest absolute Gasteiger partial charge is 0.165 e. The first-order valence-electron chi connectivity index (χ1n) is 8.62. The summed E-state index contributed by atoms with van der Waals surface area (Å²) in [4.78, 5) is 13.1. The molecule has 3 heteroatoms. The van der Waals surface area contributed by atoms with Crippen LogP contribution in [0.4, 0.5) is 0 Å². The quantitative estimate of drug-likeness (QED) is 0.379. The summed E-state index contributed by atoms with van der Waals surface area (Å²) in [6.07, 6.45) is 1.46. The maximum absolute atomic E-state index is 13.1. The highest BCUT2D eigenvalue weighted by Crippen LogP contribution is 2.41. The second-order valence-electron chi connectivity index (χ2n) is 7.88. The van der Waals surface area contributed by atoms with Crippen LogP contribution in [0.2, 0.25) is 5.02 Å². The predicted octanol–water partition coefficient (Wildman–Crippen LogP) is 6.05. The molecule has 0 fully saturated rings. The number of hydrogen-bond donors (Lipinski definition) is 0. The number of rotatable bonds is 0. The molecule has 0 radical (unpaired) electrons. The van der Waals surface area contributed by atoms with Crippen LogP contribution in [0.1, 0.15) is 36.3 Å². The van der Waals surface area contributed by atoms with E-state index in [0.29, 0.717) is 11.4 Å². The van der Waals surface area contributed by atoms with Gasteiger partial charge in [-0.3, -0.25) is 4.79 Å². The number of carbonyl (C=O) groups excluding carboxylic acids is 1.